The molecule has 0 radical (unpaired) electrons. The minimum atomic E-state index is 0.00514. The fourth-order valence-electron chi connectivity index (χ4n) is 2.54. The van der Waals surface area contributed by atoms with Crippen LogP contribution in [0.15, 0.2) is 36.4 Å². The zero-order chi connectivity index (χ0) is 15.4. The fourth-order valence-corrected chi connectivity index (χ4v) is 2.54. The maximum atomic E-state index is 12.2. The molecule has 0 aliphatic heterocycles. The van der Waals surface area contributed by atoms with E-state index in [1.165, 1.54) is 5.56 Å². The maximum Gasteiger partial charge on any atom is 0.228 e. The first-order valence-corrected chi connectivity index (χ1v) is 7.15. The number of hydrogen-bond donors (Lipinski definition) is 2. The maximum absolute atomic E-state index is 12.2. The molecule has 0 fully saturated rings. The number of carbonyl (C=O) groups excluding carboxylic acids is 1. The number of nitrogens with one attached hydrogen (secondary N) is 1. The Labute approximate surface area is 126 Å². The van der Waals surface area contributed by atoms with E-state index in [1.54, 1.807) is 0 Å². The smallest absolute Gasteiger partial charge is 0.228 e. The van der Waals surface area contributed by atoms with Crippen LogP contribution >= 0.6 is 0 Å². The third-order valence-electron chi connectivity index (χ3n) is 3.56. The summed E-state index contributed by atoms with van der Waals surface area (Å²) >= 11 is 0. The van der Waals surface area contributed by atoms with Crippen molar-refractivity contribution in [2.75, 3.05) is 5.32 Å². The molecule has 2 rings (SSSR count). The summed E-state index contributed by atoms with van der Waals surface area (Å²) in [6, 6.07) is 12.0. The minimum Gasteiger partial charge on any atom is -0.326 e. The van der Waals surface area contributed by atoms with Gasteiger partial charge in [-0.3, -0.25) is 4.79 Å². The number of amides is 1. The summed E-state index contributed by atoms with van der Waals surface area (Å²) < 4.78 is 0. The van der Waals surface area contributed by atoms with Gasteiger partial charge in [-0.05, 0) is 43.0 Å². The van der Waals surface area contributed by atoms with E-state index in [1.807, 2.05) is 38.1 Å². The van der Waals surface area contributed by atoms with Crippen molar-refractivity contribution < 1.29 is 4.79 Å². The second-order valence-electron chi connectivity index (χ2n) is 5.52. The Balaban J connectivity index is 2.08. The van der Waals surface area contributed by atoms with Crippen LogP contribution in [0.4, 0.5) is 5.69 Å². The molecule has 0 saturated heterocycles. The second kappa shape index (κ2) is 6.55. The predicted molar refractivity (Wildman–Crippen MR) is 87.3 cm³/mol. The molecule has 0 bridgehead atoms. The molecule has 2 aromatic carbocycles. The van der Waals surface area contributed by atoms with Gasteiger partial charge in [0.1, 0.15) is 0 Å². The van der Waals surface area contributed by atoms with Crippen LogP contribution in [0, 0.1) is 20.8 Å². The van der Waals surface area contributed by atoms with Gasteiger partial charge in [-0.15, -0.1) is 0 Å². The van der Waals surface area contributed by atoms with Crippen molar-refractivity contribution in [3.63, 3.8) is 0 Å². The average molecular weight is 282 g/mol. The molecule has 0 heterocycles. The molecule has 3 N–H and O–H groups in total. The van der Waals surface area contributed by atoms with Gasteiger partial charge in [0.05, 0.1) is 6.42 Å². The summed E-state index contributed by atoms with van der Waals surface area (Å²) in [6.45, 7) is 6.62. The van der Waals surface area contributed by atoms with E-state index in [-0.39, 0.29) is 5.91 Å². The molecular formula is C18H22N2O. The van der Waals surface area contributed by atoms with Gasteiger partial charge in [0.2, 0.25) is 5.91 Å². The summed E-state index contributed by atoms with van der Waals surface area (Å²) in [5.41, 5.74) is 12.0. The van der Waals surface area contributed by atoms with E-state index in [2.05, 4.69) is 24.4 Å². The molecule has 0 spiro atoms. The van der Waals surface area contributed by atoms with Crippen molar-refractivity contribution in [3.05, 3.63) is 64.2 Å². The van der Waals surface area contributed by atoms with Gasteiger partial charge >= 0.3 is 0 Å². The topological polar surface area (TPSA) is 55.1 Å². The molecule has 3 nitrogen and oxygen atoms in total. The normalized spacial score (nSPS) is 10.5. The Morgan fingerprint density at radius 2 is 1.52 bits per heavy atom. The largest absolute Gasteiger partial charge is 0.326 e. The third kappa shape index (κ3) is 3.92. The Hall–Kier alpha value is -2.13. The molecular weight excluding hydrogens is 260 g/mol. The number of carbonyl (C=O) groups is 1. The predicted octanol–water partition coefficient (Wildman–Crippen LogP) is 3.25. The van der Waals surface area contributed by atoms with Crippen LogP contribution in [0.5, 0.6) is 0 Å². The van der Waals surface area contributed by atoms with E-state index in [0.717, 1.165) is 27.9 Å². The summed E-state index contributed by atoms with van der Waals surface area (Å²) in [5, 5.41) is 3.02. The van der Waals surface area contributed by atoms with Gasteiger partial charge in [0.15, 0.2) is 0 Å². The van der Waals surface area contributed by atoms with E-state index < -0.39 is 0 Å². The summed E-state index contributed by atoms with van der Waals surface area (Å²) in [7, 11) is 0. The number of hydrogen-bond acceptors (Lipinski definition) is 2. The standard InChI is InChI=1S/C18H22N2O/c1-12-8-13(2)18(14(3)9-12)20-17(21)10-15-4-6-16(11-19)7-5-15/h4-9H,10-11,19H2,1-3H3,(H,20,21). The molecule has 0 unspecified atom stereocenters. The van der Waals surface area contributed by atoms with Crippen LogP contribution in [0.1, 0.15) is 27.8 Å². The van der Waals surface area contributed by atoms with Crippen LogP contribution in [-0.4, -0.2) is 5.91 Å². The molecule has 0 atom stereocenters. The highest BCUT2D eigenvalue weighted by Gasteiger charge is 2.09. The van der Waals surface area contributed by atoms with Gasteiger partial charge in [-0.1, -0.05) is 42.0 Å². The minimum absolute atomic E-state index is 0.00514. The highest BCUT2D eigenvalue weighted by Crippen LogP contribution is 2.22. The average Bonchev–Trinajstić information content (AvgIpc) is 2.43. The third-order valence-corrected chi connectivity index (χ3v) is 3.56. The van der Waals surface area contributed by atoms with Gasteiger partial charge in [-0.25, -0.2) is 0 Å². The van der Waals surface area contributed by atoms with E-state index in [0.29, 0.717) is 13.0 Å². The number of rotatable bonds is 4. The molecule has 0 aliphatic carbocycles. The molecule has 0 aromatic heterocycles. The Kier molecular flexibility index (Phi) is 4.76. The zero-order valence-electron chi connectivity index (χ0n) is 12.9. The van der Waals surface area contributed by atoms with Crippen molar-refractivity contribution in [3.8, 4) is 0 Å². The van der Waals surface area contributed by atoms with Crippen molar-refractivity contribution in [2.24, 2.45) is 5.73 Å². The van der Waals surface area contributed by atoms with E-state index >= 15 is 0 Å². The Morgan fingerprint density at radius 3 is 2.05 bits per heavy atom. The number of aryl methyl sites for hydroxylation is 3. The first-order valence-electron chi connectivity index (χ1n) is 7.15. The summed E-state index contributed by atoms with van der Waals surface area (Å²) in [4.78, 5) is 12.2. The van der Waals surface area contributed by atoms with E-state index in [9.17, 15) is 4.79 Å². The lowest BCUT2D eigenvalue weighted by atomic mass is 10.0. The first-order chi connectivity index (χ1) is 9.99. The van der Waals surface area contributed by atoms with Gasteiger partial charge in [0, 0.05) is 12.2 Å². The van der Waals surface area contributed by atoms with Crippen molar-refractivity contribution in [1.82, 2.24) is 0 Å². The van der Waals surface area contributed by atoms with Crippen molar-refractivity contribution in [1.29, 1.82) is 0 Å². The lowest BCUT2D eigenvalue weighted by molar-refractivity contribution is -0.115. The summed E-state index contributed by atoms with van der Waals surface area (Å²) in [6.07, 6.45) is 0.373. The van der Waals surface area contributed by atoms with Gasteiger partial charge in [-0.2, -0.15) is 0 Å². The molecule has 0 saturated carbocycles. The lowest BCUT2D eigenvalue weighted by Crippen LogP contribution is -2.16. The number of anilines is 1. The summed E-state index contributed by atoms with van der Waals surface area (Å²) in [5.74, 6) is 0.00514. The van der Waals surface area contributed by atoms with Crippen molar-refractivity contribution >= 4 is 11.6 Å². The zero-order valence-corrected chi connectivity index (χ0v) is 12.9. The van der Waals surface area contributed by atoms with Gasteiger partial charge in [0.25, 0.3) is 0 Å². The molecule has 2 aromatic rings. The monoisotopic (exact) mass is 282 g/mol. The second-order valence-corrected chi connectivity index (χ2v) is 5.52. The van der Waals surface area contributed by atoms with Crippen LogP contribution < -0.4 is 11.1 Å². The molecule has 21 heavy (non-hydrogen) atoms. The quantitative estimate of drug-likeness (QED) is 0.904. The van der Waals surface area contributed by atoms with E-state index in [4.69, 9.17) is 5.73 Å². The SMILES string of the molecule is Cc1cc(C)c(NC(=O)Cc2ccc(CN)cc2)c(C)c1. The molecule has 110 valence electrons. The number of nitrogens with two attached hydrogens (primary N) is 1. The highest BCUT2D eigenvalue weighted by molar-refractivity contribution is 5.93. The molecule has 0 aliphatic rings. The molecule has 1 amide bonds. The Bertz CT molecular complexity index is 622. The Morgan fingerprint density at radius 1 is 1.00 bits per heavy atom. The molecule has 3 heteroatoms. The van der Waals surface area contributed by atoms with Gasteiger partial charge < -0.3 is 11.1 Å². The van der Waals surface area contributed by atoms with Crippen LogP contribution in [0.25, 0.3) is 0 Å². The van der Waals surface area contributed by atoms with Crippen LogP contribution in [-0.2, 0) is 17.8 Å². The lowest BCUT2D eigenvalue weighted by Gasteiger charge is -2.13. The van der Waals surface area contributed by atoms with Crippen LogP contribution in [0.2, 0.25) is 0 Å². The highest BCUT2D eigenvalue weighted by atomic mass is 16.1. The fraction of sp³-hybridized carbons (Fsp3) is 0.278. The first kappa shape index (κ1) is 15.3. The van der Waals surface area contributed by atoms with Crippen molar-refractivity contribution in [2.45, 2.75) is 33.7 Å². The number of benzene rings is 2. The van der Waals surface area contributed by atoms with Crippen LogP contribution in [0.3, 0.4) is 0 Å².